The van der Waals surface area contributed by atoms with E-state index in [4.69, 9.17) is 0 Å². The van der Waals surface area contributed by atoms with E-state index in [-0.39, 0.29) is 5.91 Å². The third-order valence-corrected chi connectivity index (χ3v) is 4.01. The van der Waals surface area contributed by atoms with Crippen molar-refractivity contribution in [1.29, 1.82) is 0 Å². The van der Waals surface area contributed by atoms with E-state index < -0.39 is 0 Å². The average molecular weight is 274 g/mol. The van der Waals surface area contributed by atoms with E-state index >= 15 is 0 Å². The Labute approximate surface area is 122 Å². The fraction of sp³-hybridized carbons (Fsp3) is 0.588. The minimum atomic E-state index is 0.179. The van der Waals surface area contributed by atoms with E-state index in [0.29, 0.717) is 12.6 Å². The highest BCUT2D eigenvalue weighted by Crippen LogP contribution is 2.20. The van der Waals surface area contributed by atoms with Gasteiger partial charge in [-0.15, -0.1) is 0 Å². The Morgan fingerprint density at radius 2 is 2.15 bits per heavy atom. The summed E-state index contributed by atoms with van der Waals surface area (Å²) in [5, 5.41) is 3.01. The predicted octanol–water partition coefficient (Wildman–Crippen LogP) is 2.61. The summed E-state index contributed by atoms with van der Waals surface area (Å²) in [6, 6.07) is 11.1. The molecule has 0 aromatic heterocycles. The van der Waals surface area contributed by atoms with Crippen LogP contribution in [0.3, 0.4) is 0 Å². The van der Waals surface area contributed by atoms with Crippen molar-refractivity contribution >= 4 is 5.91 Å². The van der Waals surface area contributed by atoms with Gasteiger partial charge in [0.1, 0.15) is 0 Å². The van der Waals surface area contributed by atoms with Crippen LogP contribution in [0.5, 0.6) is 0 Å². The van der Waals surface area contributed by atoms with Crippen LogP contribution in [0.4, 0.5) is 0 Å². The summed E-state index contributed by atoms with van der Waals surface area (Å²) >= 11 is 0. The van der Waals surface area contributed by atoms with Crippen LogP contribution in [-0.2, 0) is 11.2 Å². The topological polar surface area (TPSA) is 32.3 Å². The molecule has 0 bridgehead atoms. The lowest BCUT2D eigenvalue weighted by atomic mass is 10.0. The normalized spacial score (nSPS) is 19.1. The lowest BCUT2D eigenvalue weighted by molar-refractivity contribution is -0.122. The summed E-state index contributed by atoms with van der Waals surface area (Å²) in [7, 11) is 0. The third kappa shape index (κ3) is 4.64. The van der Waals surface area contributed by atoms with Gasteiger partial charge in [0.2, 0.25) is 5.91 Å². The predicted molar refractivity (Wildman–Crippen MR) is 82.7 cm³/mol. The van der Waals surface area contributed by atoms with Crippen molar-refractivity contribution in [3.63, 3.8) is 0 Å². The molecule has 0 aliphatic carbocycles. The van der Waals surface area contributed by atoms with Gasteiger partial charge in [0.15, 0.2) is 0 Å². The summed E-state index contributed by atoms with van der Waals surface area (Å²) in [5.74, 6) is 0.179. The Morgan fingerprint density at radius 3 is 2.90 bits per heavy atom. The number of nitrogens with one attached hydrogen (secondary N) is 1. The minimum absolute atomic E-state index is 0.179. The Balaban J connectivity index is 1.80. The largest absolute Gasteiger partial charge is 0.355 e. The summed E-state index contributed by atoms with van der Waals surface area (Å²) in [6.07, 6.45) is 5.67. The first kappa shape index (κ1) is 15.0. The molecule has 1 N–H and O–H groups in total. The zero-order valence-corrected chi connectivity index (χ0v) is 12.5. The average Bonchev–Trinajstić information content (AvgIpc) is 2.87. The van der Waals surface area contributed by atoms with Gasteiger partial charge in [-0.3, -0.25) is 9.69 Å². The molecule has 1 aromatic carbocycles. The van der Waals surface area contributed by atoms with E-state index in [1.54, 1.807) is 0 Å². The number of carbonyl (C=O) groups is 1. The first-order valence-corrected chi connectivity index (χ1v) is 7.84. The Morgan fingerprint density at radius 1 is 1.35 bits per heavy atom. The molecule has 1 unspecified atom stereocenters. The molecular weight excluding hydrogens is 248 g/mol. The molecule has 0 radical (unpaired) electrons. The van der Waals surface area contributed by atoms with E-state index in [1.807, 2.05) is 0 Å². The van der Waals surface area contributed by atoms with E-state index in [1.165, 1.54) is 18.4 Å². The molecule has 1 aliphatic heterocycles. The van der Waals surface area contributed by atoms with Crippen molar-refractivity contribution in [2.45, 2.75) is 45.1 Å². The van der Waals surface area contributed by atoms with Gasteiger partial charge in [-0.2, -0.15) is 0 Å². The van der Waals surface area contributed by atoms with Gasteiger partial charge in [-0.1, -0.05) is 43.7 Å². The van der Waals surface area contributed by atoms with Crippen LogP contribution < -0.4 is 5.32 Å². The number of carbonyl (C=O) groups excluding carboxylic acids is 1. The van der Waals surface area contributed by atoms with Crippen LogP contribution in [0.15, 0.2) is 30.3 Å². The molecule has 1 saturated heterocycles. The van der Waals surface area contributed by atoms with Gasteiger partial charge in [0.25, 0.3) is 0 Å². The van der Waals surface area contributed by atoms with Crippen LogP contribution in [0.2, 0.25) is 0 Å². The highest BCUT2D eigenvalue weighted by atomic mass is 16.2. The maximum Gasteiger partial charge on any atom is 0.234 e. The van der Waals surface area contributed by atoms with Crippen LogP contribution in [0.1, 0.15) is 38.2 Å². The number of amides is 1. The van der Waals surface area contributed by atoms with Crippen LogP contribution in [0, 0.1) is 0 Å². The lowest BCUT2D eigenvalue weighted by Gasteiger charge is -2.24. The van der Waals surface area contributed by atoms with Gasteiger partial charge in [0, 0.05) is 12.6 Å². The Hall–Kier alpha value is -1.35. The Kier molecular flexibility index (Phi) is 6.06. The summed E-state index contributed by atoms with van der Waals surface area (Å²) in [6.45, 7) is 4.56. The van der Waals surface area contributed by atoms with Gasteiger partial charge >= 0.3 is 0 Å². The second-order valence-corrected chi connectivity index (χ2v) is 5.66. The number of unbranched alkanes of at least 4 members (excludes halogenated alkanes) is 1. The summed E-state index contributed by atoms with van der Waals surface area (Å²) < 4.78 is 0. The van der Waals surface area contributed by atoms with E-state index in [2.05, 4.69) is 47.5 Å². The van der Waals surface area contributed by atoms with Crippen LogP contribution in [0.25, 0.3) is 0 Å². The smallest absolute Gasteiger partial charge is 0.234 e. The van der Waals surface area contributed by atoms with Crippen LogP contribution in [-0.4, -0.2) is 36.5 Å². The molecule has 20 heavy (non-hydrogen) atoms. The van der Waals surface area contributed by atoms with E-state index in [0.717, 1.165) is 32.4 Å². The fourth-order valence-corrected chi connectivity index (χ4v) is 2.87. The minimum Gasteiger partial charge on any atom is -0.355 e. The maximum atomic E-state index is 11.9. The number of hydrogen-bond acceptors (Lipinski definition) is 2. The molecule has 1 heterocycles. The van der Waals surface area contributed by atoms with Crippen LogP contribution >= 0.6 is 0 Å². The first-order valence-electron chi connectivity index (χ1n) is 7.84. The molecule has 2 rings (SSSR count). The molecule has 0 spiro atoms. The van der Waals surface area contributed by atoms with Crippen molar-refractivity contribution in [1.82, 2.24) is 10.2 Å². The molecule has 1 aliphatic rings. The molecule has 110 valence electrons. The first-order chi connectivity index (χ1) is 9.79. The molecule has 0 saturated carbocycles. The number of rotatable bonds is 7. The van der Waals surface area contributed by atoms with Crippen molar-refractivity contribution in [2.24, 2.45) is 0 Å². The molecule has 1 fully saturated rings. The Bertz CT molecular complexity index is 405. The zero-order valence-electron chi connectivity index (χ0n) is 12.5. The van der Waals surface area contributed by atoms with Gasteiger partial charge in [-0.25, -0.2) is 0 Å². The standard InChI is InChI=1S/C17H26N2O/c1-2-3-11-18-17(20)14-19-12-7-10-16(19)13-15-8-5-4-6-9-15/h4-6,8-9,16H,2-3,7,10-14H2,1H3,(H,18,20). The monoisotopic (exact) mass is 274 g/mol. The zero-order chi connectivity index (χ0) is 14.2. The quantitative estimate of drug-likeness (QED) is 0.775. The van der Waals surface area contributed by atoms with E-state index in [9.17, 15) is 4.79 Å². The highest BCUT2D eigenvalue weighted by Gasteiger charge is 2.26. The number of benzene rings is 1. The molecule has 1 amide bonds. The van der Waals surface area contributed by atoms with Gasteiger partial charge in [0.05, 0.1) is 6.54 Å². The number of hydrogen-bond donors (Lipinski definition) is 1. The highest BCUT2D eigenvalue weighted by molar-refractivity contribution is 5.78. The molecule has 1 atom stereocenters. The second kappa shape index (κ2) is 8.05. The molecule has 3 nitrogen and oxygen atoms in total. The molecule has 1 aromatic rings. The lowest BCUT2D eigenvalue weighted by Crippen LogP contribution is -2.40. The fourth-order valence-electron chi connectivity index (χ4n) is 2.87. The SMILES string of the molecule is CCCCNC(=O)CN1CCCC1Cc1ccccc1. The second-order valence-electron chi connectivity index (χ2n) is 5.66. The van der Waals surface area contributed by atoms with Crippen molar-refractivity contribution in [2.75, 3.05) is 19.6 Å². The molecule has 3 heteroatoms. The van der Waals surface area contributed by atoms with Crippen molar-refractivity contribution < 1.29 is 4.79 Å². The number of likely N-dealkylation sites (tertiary alicyclic amines) is 1. The van der Waals surface area contributed by atoms with Gasteiger partial charge in [-0.05, 0) is 37.8 Å². The van der Waals surface area contributed by atoms with Crippen molar-refractivity contribution in [3.05, 3.63) is 35.9 Å². The third-order valence-electron chi connectivity index (χ3n) is 4.01. The van der Waals surface area contributed by atoms with Gasteiger partial charge < -0.3 is 5.32 Å². The molecular formula is C17H26N2O. The summed E-state index contributed by atoms with van der Waals surface area (Å²) in [4.78, 5) is 14.3. The summed E-state index contributed by atoms with van der Waals surface area (Å²) in [5.41, 5.74) is 1.37. The number of nitrogens with zero attached hydrogens (tertiary/aromatic N) is 1. The van der Waals surface area contributed by atoms with Crippen molar-refractivity contribution in [3.8, 4) is 0 Å². The maximum absolute atomic E-state index is 11.9.